The maximum atomic E-state index is 11.3. The zero-order valence-corrected chi connectivity index (χ0v) is 24.8. The quantitative estimate of drug-likeness (QED) is 0.110. The van der Waals surface area contributed by atoms with Crippen LogP contribution in [-0.2, 0) is 35.8 Å². The van der Waals surface area contributed by atoms with E-state index in [2.05, 4.69) is 18.7 Å². The van der Waals surface area contributed by atoms with Crippen LogP contribution in [0.1, 0.15) is 67.0 Å². The smallest absolute Gasteiger partial charge is 0 e. The van der Waals surface area contributed by atoms with Crippen molar-refractivity contribution in [2.75, 3.05) is 25.4 Å². The van der Waals surface area contributed by atoms with Gasteiger partial charge in [-0.3, -0.25) is 4.98 Å². The molecule has 2 saturated carbocycles. The third kappa shape index (κ3) is 11.3. The predicted octanol–water partition coefficient (Wildman–Crippen LogP) is 8.15. The minimum Gasteiger partial charge on any atom is 0 e. The van der Waals surface area contributed by atoms with Crippen LogP contribution in [0.25, 0.3) is 21.3 Å². The molecule has 0 radical (unpaired) electrons. The van der Waals surface area contributed by atoms with Gasteiger partial charge in [-0.15, -0.1) is 24.9 Å². The summed E-state index contributed by atoms with van der Waals surface area (Å²) >= 11 is 1.68. The van der Waals surface area contributed by atoms with E-state index in [0.717, 1.165) is 55.1 Å². The SMILES string of the molecule is C=CC(=O)OCCSc1cc2nc(c1)C[N-][C@@H]1CCCC[C@H]1[N-]CC[N-]C1CCCCC1[N-]C2.[Cl][Mn][Cl].[HH].[HH].[HH]. The van der Waals surface area contributed by atoms with Crippen molar-refractivity contribution in [2.45, 2.75) is 93.5 Å². The van der Waals surface area contributed by atoms with E-state index in [-0.39, 0.29) is 35.5 Å². The summed E-state index contributed by atoms with van der Waals surface area (Å²) in [5.41, 5.74) is 1.98. The topological polar surface area (TPSA) is 95.6 Å². The zero-order chi connectivity index (χ0) is 26.3. The van der Waals surface area contributed by atoms with E-state index in [1.165, 1.54) is 31.8 Å². The van der Waals surface area contributed by atoms with Crippen molar-refractivity contribution in [1.29, 1.82) is 0 Å². The third-order valence-electron chi connectivity index (χ3n) is 6.86. The largest absolute Gasteiger partial charge is 0 e. The van der Waals surface area contributed by atoms with Crippen molar-refractivity contribution >= 4 is 37.9 Å². The molecule has 2 unspecified atom stereocenters. The monoisotopic (exact) mass is 614 g/mol. The van der Waals surface area contributed by atoms with Crippen molar-refractivity contribution < 1.29 is 26.9 Å². The number of nitrogens with zero attached hydrogens (tertiary/aromatic N) is 5. The average Bonchev–Trinajstić information content (AvgIpc) is 2.92. The predicted molar refractivity (Wildman–Crippen MR) is 157 cm³/mol. The Morgan fingerprint density at radius 1 is 0.973 bits per heavy atom. The number of esters is 1. The van der Waals surface area contributed by atoms with Gasteiger partial charge in [0.15, 0.2) is 0 Å². The number of pyridine rings is 1. The van der Waals surface area contributed by atoms with Gasteiger partial charge in [-0.05, 0) is 12.1 Å². The number of carbonyl (C=O) groups excluding carboxylic acids is 1. The molecule has 0 amide bonds. The van der Waals surface area contributed by atoms with E-state index < -0.39 is 0 Å². The zero-order valence-electron chi connectivity index (χ0n) is 21.2. The molecule has 215 valence electrons. The first-order chi connectivity index (χ1) is 18.1. The van der Waals surface area contributed by atoms with Gasteiger partial charge in [0.2, 0.25) is 0 Å². The molecule has 0 aromatic carbocycles. The van der Waals surface area contributed by atoms with Gasteiger partial charge in [0.05, 0.1) is 0 Å². The summed E-state index contributed by atoms with van der Waals surface area (Å²) in [6.45, 7) is 6.64. The summed E-state index contributed by atoms with van der Waals surface area (Å²) in [4.78, 5) is 17.4. The normalized spacial score (nSPS) is 26.6. The van der Waals surface area contributed by atoms with Crippen molar-refractivity contribution in [3.8, 4) is 0 Å². The van der Waals surface area contributed by atoms with Gasteiger partial charge in [-0.25, -0.2) is 4.79 Å². The molecular weight excluding hydrogens is 572 g/mol. The number of aromatic nitrogens is 1. The van der Waals surface area contributed by atoms with E-state index in [4.69, 9.17) is 51.2 Å². The van der Waals surface area contributed by atoms with Crippen LogP contribution in [0.2, 0.25) is 0 Å². The van der Waals surface area contributed by atoms with Crippen LogP contribution in [0.4, 0.5) is 0 Å². The molecule has 1 aromatic rings. The molecule has 2 fully saturated rings. The Hall–Kier alpha value is -0.351. The number of ether oxygens (including phenoxy) is 1. The van der Waals surface area contributed by atoms with Gasteiger partial charge in [0, 0.05) is 32.4 Å². The van der Waals surface area contributed by atoms with Gasteiger partial charge >= 0.3 is 39.3 Å². The van der Waals surface area contributed by atoms with Crippen molar-refractivity contribution in [1.82, 2.24) is 4.98 Å². The van der Waals surface area contributed by atoms with Gasteiger partial charge in [-0.1, -0.05) is 57.9 Å². The number of rotatable bonds is 5. The maximum Gasteiger partial charge on any atom is 0 e. The maximum absolute atomic E-state index is 11.3. The number of thioether (sulfide) groups is 1. The molecular formula is C26H43Cl2MnN5O2S-4. The average molecular weight is 616 g/mol. The summed E-state index contributed by atoms with van der Waals surface area (Å²) < 4.78 is 5.13. The second-order valence-corrected chi connectivity index (χ2v) is 12.5. The van der Waals surface area contributed by atoms with E-state index in [1.54, 1.807) is 11.8 Å². The van der Waals surface area contributed by atoms with E-state index in [1.807, 2.05) is 0 Å². The second-order valence-electron chi connectivity index (χ2n) is 9.39. The molecule has 1 aliphatic heterocycles. The molecule has 11 heteroatoms. The van der Waals surface area contributed by atoms with E-state index in [0.29, 0.717) is 37.5 Å². The van der Waals surface area contributed by atoms with Crippen LogP contribution in [0.15, 0.2) is 29.7 Å². The fourth-order valence-electron chi connectivity index (χ4n) is 5.13. The molecule has 4 rings (SSSR count). The Balaban J connectivity index is 0.00000243. The van der Waals surface area contributed by atoms with Gasteiger partial charge in [-0.2, -0.15) is 37.3 Å². The summed E-state index contributed by atoms with van der Waals surface area (Å²) in [7, 11) is 9.59. The van der Waals surface area contributed by atoms with Crippen LogP contribution in [-0.4, -0.2) is 60.6 Å². The first-order valence-corrected chi connectivity index (χ1v) is 17.3. The molecule has 7 nitrogen and oxygen atoms in total. The van der Waals surface area contributed by atoms with E-state index in [9.17, 15) is 4.79 Å². The van der Waals surface area contributed by atoms with Gasteiger partial charge in [0.25, 0.3) is 0 Å². The standard InChI is InChI=1S/C26H37N5O2S.2ClH.Mn.3H2/c1-2-26(32)33-13-14-34-21-15-19-17-29-24-9-5-3-7-22(24)27-11-12-28-23-8-4-6-10-25(23)30-18-20(16-21)31-19;;;;;;/h2,15-16,22-25H,1,3-14,17-18H2;2*1H;;3*1H/q-4;;;+2;;;/p-2/t22-,23?,24-,25?;;;;;;/m1....../s1. The molecule has 3 aliphatic rings. The van der Waals surface area contributed by atoms with Crippen molar-refractivity contribution in [3.05, 3.63) is 57.4 Å². The Bertz CT molecular complexity index is 807. The summed E-state index contributed by atoms with van der Waals surface area (Å²) in [6, 6.07) is 5.45. The van der Waals surface area contributed by atoms with E-state index >= 15 is 0 Å². The number of hydrogen-bond acceptors (Lipinski definition) is 4. The summed E-state index contributed by atoms with van der Waals surface area (Å²) in [5, 5.41) is 20.2. The Labute approximate surface area is 245 Å². The molecule has 2 aliphatic carbocycles. The molecule has 0 spiro atoms. The molecule has 2 bridgehead atoms. The molecule has 2 heterocycles. The Morgan fingerprint density at radius 2 is 1.43 bits per heavy atom. The van der Waals surface area contributed by atoms with Crippen LogP contribution in [0, 0.1) is 0 Å². The van der Waals surface area contributed by atoms with Crippen LogP contribution in [0.5, 0.6) is 0 Å². The first kappa shape index (κ1) is 31.2. The number of carbonyl (C=O) groups is 1. The fourth-order valence-corrected chi connectivity index (χ4v) is 5.97. The molecule has 37 heavy (non-hydrogen) atoms. The van der Waals surface area contributed by atoms with Crippen molar-refractivity contribution in [3.63, 3.8) is 0 Å². The van der Waals surface area contributed by atoms with Gasteiger partial charge in [0.1, 0.15) is 6.61 Å². The van der Waals surface area contributed by atoms with Crippen LogP contribution >= 0.6 is 32.0 Å². The minimum absolute atomic E-state index is 0. The number of fused-ring (bicyclic) bond motifs is 4. The number of halogens is 2. The van der Waals surface area contributed by atoms with Gasteiger partial charge < -0.3 is 26.0 Å². The minimum atomic E-state index is -0.383. The van der Waals surface area contributed by atoms with Crippen LogP contribution in [0.3, 0.4) is 0 Å². The van der Waals surface area contributed by atoms with Crippen molar-refractivity contribution in [2.24, 2.45) is 0 Å². The summed E-state index contributed by atoms with van der Waals surface area (Å²) in [6.07, 6.45) is 10.6. The Kier molecular flexibility index (Phi) is 15.2. The first-order valence-electron chi connectivity index (χ1n) is 13.1. The third-order valence-corrected chi connectivity index (χ3v) is 7.80. The second kappa shape index (κ2) is 18.1. The molecule has 1 aromatic heterocycles. The Morgan fingerprint density at radius 3 is 1.89 bits per heavy atom. The van der Waals surface area contributed by atoms with Crippen LogP contribution < -0.4 is 0 Å². The number of hydrogen-bond donors (Lipinski definition) is 0. The molecule has 0 saturated heterocycles. The molecule has 0 N–H and O–H groups in total. The fraction of sp³-hybridized carbons (Fsp3) is 0.692. The summed E-state index contributed by atoms with van der Waals surface area (Å²) in [5.74, 6) is 0.302. The molecule has 4 atom stereocenters.